The van der Waals surface area contributed by atoms with Crippen LogP contribution in [-0.2, 0) is 6.54 Å². The summed E-state index contributed by atoms with van der Waals surface area (Å²) in [5, 5.41) is 19.4. The summed E-state index contributed by atoms with van der Waals surface area (Å²) in [5.74, 6) is -0.392. The summed E-state index contributed by atoms with van der Waals surface area (Å²) in [6.07, 6.45) is 0. The molecule has 2 aromatic carbocycles. The largest absolute Gasteiger partial charge is 0.346 e. The normalized spacial score (nSPS) is 10.4. The van der Waals surface area contributed by atoms with Crippen molar-refractivity contribution >= 4 is 39.5 Å². The highest BCUT2D eigenvalue weighted by Gasteiger charge is 2.18. The molecule has 0 aliphatic rings. The molecule has 0 saturated heterocycles. The number of nitro benzene ring substituents is 1. The van der Waals surface area contributed by atoms with Crippen LogP contribution in [0.1, 0.15) is 38.9 Å². The van der Waals surface area contributed by atoms with E-state index in [9.17, 15) is 19.7 Å². The van der Waals surface area contributed by atoms with E-state index in [0.29, 0.717) is 22.0 Å². The Kier molecular flexibility index (Phi) is 5.99. The molecule has 1 aromatic heterocycles. The molecule has 3 rings (SSSR count). The van der Waals surface area contributed by atoms with Gasteiger partial charge in [-0.3, -0.25) is 19.7 Å². The van der Waals surface area contributed by atoms with Crippen LogP contribution in [-0.4, -0.2) is 21.6 Å². The number of hydrogen-bond donors (Lipinski definition) is 2. The molecule has 0 radical (unpaired) electrons. The molecule has 0 aliphatic heterocycles. The van der Waals surface area contributed by atoms with Gasteiger partial charge in [0.15, 0.2) is 10.9 Å². The third kappa shape index (κ3) is 4.82. The van der Waals surface area contributed by atoms with Gasteiger partial charge in [0.2, 0.25) is 0 Å². The van der Waals surface area contributed by atoms with E-state index in [2.05, 4.69) is 15.6 Å². The van der Waals surface area contributed by atoms with Gasteiger partial charge in [-0.25, -0.2) is 4.98 Å². The summed E-state index contributed by atoms with van der Waals surface area (Å²) in [5.41, 5.74) is 2.59. The van der Waals surface area contributed by atoms with Crippen molar-refractivity contribution in [3.05, 3.63) is 80.3 Å². The second-order valence-corrected chi connectivity index (χ2v) is 7.15. The summed E-state index contributed by atoms with van der Waals surface area (Å²) >= 11 is 1.38. The summed E-state index contributed by atoms with van der Waals surface area (Å²) < 4.78 is 0. The van der Waals surface area contributed by atoms with Crippen LogP contribution in [0, 0.1) is 17.0 Å². The topological polar surface area (TPSA) is 114 Å². The molecule has 148 valence electrons. The number of anilines is 2. The second kappa shape index (κ2) is 8.61. The maximum Gasteiger partial charge on any atom is 0.273 e. The number of nitrogens with one attached hydrogen (secondary N) is 2. The molecule has 0 bridgehead atoms. The first kappa shape index (κ1) is 20.2. The average molecular weight is 410 g/mol. The molecule has 0 unspecified atom stereocenters. The number of carbonyl (C=O) groups excluding carboxylic acids is 2. The predicted octanol–water partition coefficient (Wildman–Crippen LogP) is 4.24. The summed E-state index contributed by atoms with van der Waals surface area (Å²) in [7, 11) is 0. The third-order valence-electron chi connectivity index (χ3n) is 4.27. The molecule has 0 aliphatic carbocycles. The highest BCUT2D eigenvalue weighted by Crippen LogP contribution is 2.23. The highest BCUT2D eigenvalue weighted by molar-refractivity contribution is 7.13. The van der Waals surface area contributed by atoms with Crippen LogP contribution in [0.5, 0.6) is 0 Å². The number of ketones is 1. The molecule has 0 saturated carbocycles. The van der Waals surface area contributed by atoms with Crippen molar-refractivity contribution in [3.8, 4) is 0 Å². The monoisotopic (exact) mass is 410 g/mol. The van der Waals surface area contributed by atoms with Crippen LogP contribution >= 0.6 is 11.3 Å². The zero-order valence-corrected chi connectivity index (χ0v) is 16.6. The zero-order chi connectivity index (χ0) is 21.0. The van der Waals surface area contributed by atoms with Crippen molar-refractivity contribution in [2.45, 2.75) is 20.4 Å². The maximum absolute atomic E-state index is 12.4. The Morgan fingerprint density at radius 3 is 2.55 bits per heavy atom. The van der Waals surface area contributed by atoms with Gasteiger partial charge in [0.05, 0.1) is 17.2 Å². The van der Waals surface area contributed by atoms with Crippen molar-refractivity contribution in [2.24, 2.45) is 0 Å². The fourth-order valence-corrected chi connectivity index (χ4v) is 3.42. The van der Waals surface area contributed by atoms with Gasteiger partial charge in [0.1, 0.15) is 0 Å². The Morgan fingerprint density at radius 1 is 1.17 bits per heavy atom. The van der Waals surface area contributed by atoms with Gasteiger partial charge in [0.25, 0.3) is 11.6 Å². The number of benzene rings is 2. The van der Waals surface area contributed by atoms with Crippen molar-refractivity contribution in [3.63, 3.8) is 0 Å². The minimum atomic E-state index is -0.507. The molecule has 8 nitrogen and oxygen atoms in total. The number of thiazole rings is 1. The third-order valence-corrected chi connectivity index (χ3v) is 5.08. The SMILES string of the molecule is CC(=O)c1ccc(Nc2nc(CNC(=O)c3cccc([N+](=O)[O-])c3C)cs2)cc1. The fraction of sp³-hybridized carbons (Fsp3) is 0.150. The molecule has 0 fully saturated rings. The van der Waals surface area contributed by atoms with Gasteiger partial charge in [0, 0.05) is 33.8 Å². The lowest BCUT2D eigenvalue weighted by molar-refractivity contribution is -0.385. The minimum absolute atomic E-state index is 0.00260. The summed E-state index contributed by atoms with van der Waals surface area (Å²) in [4.78, 5) is 38.6. The maximum atomic E-state index is 12.4. The van der Waals surface area contributed by atoms with Gasteiger partial charge in [-0.1, -0.05) is 6.07 Å². The standard InChI is InChI=1S/C20H18N4O4S/c1-12-17(4-3-5-18(12)24(27)28)19(26)21-10-16-11-29-20(23-16)22-15-8-6-14(7-9-15)13(2)25/h3-9,11H,10H2,1-2H3,(H,21,26)(H,22,23). The van der Waals surface area contributed by atoms with Crippen molar-refractivity contribution in [2.75, 3.05) is 5.32 Å². The molecule has 29 heavy (non-hydrogen) atoms. The Morgan fingerprint density at radius 2 is 1.90 bits per heavy atom. The van der Waals surface area contributed by atoms with E-state index in [1.54, 1.807) is 37.3 Å². The first-order valence-corrected chi connectivity index (χ1v) is 9.57. The van der Waals surface area contributed by atoms with E-state index < -0.39 is 10.8 Å². The number of nitro groups is 1. The van der Waals surface area contributed by atoms with Crippen LogP contribution in [0.4, 0.5) is 16.5 Å². The Labute approximate surface area is 170 Å². The van der Waals surface area contributed by atoms with Crippen molar-refractivity contribution in [1.29, 1.82) is 0 Å². The van der Waals surface area contributed by atoms with Gasteiger partial charge < -0.3 is 10.6 Å². The highest BCUT2D eigenvalue weighted by atomic mass is 32.1. The molecule has 9 heteroatoms. The lowest BCUT2D eigenvalue weighted by Crippen LogP contribution is -2.24. The van der Waals surface area contributed by atoms with Gasteiger partial charge in [-0.05, 0) is 44.2 Å². The average Bonchev–Trinajstić information content (AvgIpc) is 3.13. The smallest absolute Gasteiger partial charge is 0.273 e. The molecule has 0 spiro atoms. The molecular formula is C20H18N4O4S. The number of amides is 1. The number of carbonyl (C=O) groups is 2. The van der Waals surface area contributed by atoms with E-state index in [4.69, 9.17) is 0 Å². The lowest BCUT2D eigenvalue weighted by atomic mass is 10.1. The van der Waals surface area contributed by atoms with Crippen LogP contribution in [0.3, 0.4) is 0 Å². The minimum Gasteiger partial charge on any atom is -0.346 e. The number of Topliss-reactive ketones (excluding diaryl/α,β-unsaturated/α-hetero) is 1. The quantitative estimate of drug-likeness (QED) is 0.342. The number of aromatic nitrogens is 1. The van der Waals surface area contributed by atoms with Gasteiger partial charge >= 0.3 is 0 Å². The van der Waals surface area contributed by atoms with Crippen LogP contribution in [0.25, 0.3) is 0 Å². The van der Waals surface area contributed by atoms with E-state index in [-0.39, 0.29) is 23.6 Å². The molecular weight excluding hydrogens is 392 g/mol. The van der Waals surface area contributed by atoms with Gasteiger partial charge in [-0.15, -0.1) is 11.3 Å². The number of hydrogen-bond acceptors (Lipinski definition) is 7. The molecule has 1 heterocycles. The molecule has 3 aromatic rings. The summed E-state index contributed by atoms with van der Waals surface area (Å²) in [6, 6.07) is 11.5. The van der Waals surface area contributed by atoms with E-state index in [1.165, 1.54) is 30.4 Å². The lowest BCUT2D eigenvalue weighted by Gasteiger charge is -2.07. The van der Waals surface area contributed by atoms with Crippen LogP contribution in [0.2, 0.25) is 0 Å². The van der Waals surface area contributed by atoms with E-state index in [1.807, 2.05) is 5.38 Å². The van der Waals surface area contributed by atoms with Crippen LogP contribution in [0.15, 0.2) is 47.8 Å². The summed E-state index contributed by atoms with van der Waals surface area (Å²) in [6.45, 7) is 3.26. The Balaban J connectivity index is 1.62. The van der Waals surface area contributed by atoms with E-state index in [0.717, 1.165) is 5.69 Å². The Hall–Kier alpha value is -3.59. The predicted molar refractivity (Wildman–Crippen MR) is 111 cm³/mol. The molecule has 1 amide bonds. The number of rotatable bonds is 7. The fourth-order valence-electron chi connectivity index (χ4n) is 2.69. The number of nitrogens with zero attached hydrogens (tertiary/aromatic N) is 2. The van der Waals surface area contributed by atoms with E-state index >= 15 is 0 Å². The van der Waals surface area contributed by atoms with Crippen molar-refractivity contribution < 1.29 is 14.5 Å². The molecule has 2 N–H and O–H groups in total. The zero-order valence-electron chi connectivity index (χ0n) is 15.8. The molecule has 0 atom stereocenters. The van der Waals surface area contributed by atoms with Crippen molar-refractivity contribution in [1.82, 2.24) is 10.3 Å². The van der Waals surface area contributed by atoms with Crippen LogP contribution < -0.4 is 10.6 Å². The second-order valence-electron chi connectivity index (χ2n) is 6.29. The first-order valence-electron chi connectivity index (χ1n) is 8.70. The first-order chi connectivity index (χ1) is 13.8. The van der Waals surface area contributed by atoms with Gasteiger partial charge in [-0.2, -0.15) is 0 Å². The Bertz CT molecular complexity index is 1080.